The van der Waals surface area contributed by atoms with Crippen molar-refractivity contribution in [3.05, 3.63) is 117 Å². The Morgan fingerprint density at radius 1 is 0.682 bits per heavy atom. The molecular weight excluding hydrogens is 639 g/mol. The van der Waals surface area contributed by atoms with Crippen molar-refractivity contribution in [2.24, 2.45) is 0 Å². The quantitative estimate of drug-likeness (QED) is 0.155. The Bertz CT molecular complexity index is 1880. The summed E-state index contributed by atoms with van der Waals surface area (Å²) in [7, 11) is 0. The van der Waals surface area contributed by atoms with E-state index in [1.54, 1.807) is 24.3 Å². The van der Waals surface area contributed by atoms with Crippen molar-refractivity contribution in [2.45, 2.75) is 31.6 Å². The second-order valence-electron chi connectivity index (χ2n) is 9.88. The van der Waals surface area contributed by atoms with Gasteiger partial charge in [0.1, 0.15) is 22.1 Å². The van der Waals surface area contributed by atoms with Crippen LogP contribution in [0.2, 0.25) is 10.0 Å². The Morgan fingerprint density at radius 2 is 1.11 bits per heavy atom. The van der Waals surface area contributed by atoms with Crippen molar-refractivity contribution in [2.75, 3.05) is 6.61 Å². The second kappa shape index (κ2) is 14.7. The Balaban J connectivity index is 0.000000175. The lowest BCUT2D eigenvalue weighted by Crippen LogP contribution is -2.18. The van der Waals surface area contributed by atoms with Crippen LogP contribution >= 0.6 is 46.7 Å². The van der Waals surface area contributed by atoms with Crippen LogP contribution in [0.1, 0.15) is 41.0 Å². The molecule has 6 rings (SSSR count). The van der Waals surface area contributed by atoms with Gasteiger partial charge in [-0.05, 0) is 90.6 Å². The lowest BCUT2D eigenvalue weighted by molar-refractivity contribution is -0.145. The van der Waals surface area contributed by atoms with E-state index in [4.69, 9.17) is 27.9 Å². The van der Waals surface area contributed by atoms with Crippen LogP contribution in [0.5, 0.6) is 0 Å². The Kier molecular flexibility index (Phi) is 10.5. The molecule has 0 aliphatic heterocycles. The van der Waals surface area contributed by atoms with Crippen LogP contribution in [0.4, 0.5) is 0 Å². The molecule has 2 aromatic heterocycles. The van der Waals surface area contributed by atoms with E-state index < -0.39 is 11.9 Å². The molecule has 2 heterocycles. The normalized spacial score (nSPS) is 12.3. The maximum atomic E-state index is 12.4. The highest BCUT2D eigenvalue weighted by Crippen LogP contribution is 2.27. The molecule has 8 nitrogen and oxygen atoms in total. The van der Waals surface area contributed by atoms with Crippen LogP contribution in [0, 0.1) is 0 Å². The van der Waals surface area contributed by atoms with Gasteiger partial charge in [0.15, 0.2) is 0 Å². The molecule has 4 aromatic carbocycles. The number of fused-ring (bicyclic) bond motifs is 2. The van der Waals surface area contributed by atoms with Crippen LogP contribution in [-0.4, -0.2) is 41.1 Å². The Morgan fingerprint density at radius 3 is 1.57 bits per heavy atom. The molecule has 2 unspecified atom stereocenters. The molecule has 2 atom stereocenters. The summed E-state index contributed by atoms with van der Waals surface area (Å²) in [4.78, 5) is 24.0. The van der Waals surface area contributed by atoms with Gasteiger partial charge < -0.3 is 9.84 Å². The number of aromatic nitrogens is 4. The maximum Gasteiger partial charge on any atom is 0.313 e. The number of hydrogen-bond acceptors (Lipinski definition) is 9. The molecule has 0 aliphatic rings. The zero-order chi connectivity index (χ0) is 31.1. The lowest BCUT2D eigenvalue weighted by Gasteiger charge is -2.16. The first-order valence-electron chi connectivity index (χ1n) is 13.6. The van der Waals surface area contributed by atoms with E-state index in [0.29, 0.717) is 29.5 Å². The standard InChI is InChI=1S/C17H15ClN2O2S.C15H11ClN2O2S/c1-2-22-17(21)14(9-11-3-6-13(18)7-4-11)12-5-8-15-16(10-12)20-23-19-15;16-11-4-1-9(2-5-11)7-12(15(19)20)10-3-6-13-14(8-10)18-21-17-13/h3-8,10,14H,2,9H2,1H3;1-6,8,12H,7H2,(H,19,20). The van der Waals surface area contributed by atoms with E-state index in [-0.39, 0.29) is 11.9 Å². The Labute approximate surface area is 271 Å². The van der Waals surface area contributed by atoms with Crippen molar-refractivity contribution in [1.82, 2.24) is 17.5 Å². The zero-order valence-corrected chi connectivity index (χ0v) is 26.5. The highest BCUT2D eigenvalue weighted by atomic mass is 35.5. The van der Waals surface area contributed by atoms with Crippen LogP contribution < -0.4 is 0 Å². The number of nitrogens with zero attached hydrogens (tertiary/aromatic N) is 4. The minimum Gasteiger partial charge on any atom is -0.481 e. The van der Waals surface area contributed by atoms with Crippen LogP contribution in [0.15, 0.2) is 84.9 Å². The van der Waals surface area contributed by atoms with Crippen molar-refractivity contribution in [3.8, 4) is 0 Å². The molecule has 0 saturated carbocycles. The van der Waals surface area contributed by atoms with Crippen molar-refractivity contribution in [1.29, 1.82) is 0 Å². The van der Waals surface area contributed by atoms with Gasteiger partial charge in [-0.15, -0.1) is 0 Å². The largest absolute Gasteiger partial charge is 0.481 e. The monoisotopic (exact) mass is 664 g/mol. The summed E-state index contributed by atoms with van der Waals surface area (Å²) in [5.41, 5.74) is 6.76. The van der Waals surface area contributed by atoms with E-state index in [0.717, 1.165) is 56.0 Å². The molecule has 0 aliphatic carbocycles. The predicted molar refractivity (Wildman–Crippen MR) is 175 cm³/mol. The van der Waals surface area contributed by atoms with Gasteiger partial charge in [-0.2, -0.15) is 17.5 Å². The third-order valence-corrected chi connectivity index (χ3v) is 8.55. The molecule has 0 radical (unpaired) electrons. The summed E-state index contributed by atoms with van der Waals surface area (Å²) < 4.78 is 22.0. The van der Waals surface area contributed by atoms with E-state index in [1.807, 2.05) is 67.6 Å². The number of carboxylic acids is 1. The van der Waals surface area contributed by atoms with Crippen molar-refractivity contribution in [3.63, 3.8) is 0 Å². The molecule has 6 aromatic rings. The lowest BCUT2D eigenvalue weighted by atomic mass is 9.91. The van der Waals surface area contributed by atoms with Crippen LogP contribution in [0.25, 0.3) is 22.1 Å². The summed E-state index contributed by atoms with van der Waals surface area (Å²) in [6.07, 6.45) is 0.967. The number of esters is 1. The van der Waals surface area contributed by atoms with Crippen molar-refractivity contribution < 1.29 is 19.4 Å². The number of aliphatic carboxylic acids is 1. The predicted octanol–water partition coefficient (Wildman–Crippen LogP) is 7.99. The van der Waals surface area contributed by atoms with E-state index in [2.05, 4.69) is 17.5 Å². The Hall–Kier alpha value is -3.96. The van der Waals surface area contributed by atoms with Gasteiger partial charge in [0.25, 0.3) is 0 Å². The maximum absolute atomic E-state index is 12.4. The van der Waals surface area contributed by atoms with E-state index in [9.17, 15) is 14.7 Å². The number of rotatable bonds is 9. The number of benzene rings is 4. The fraction of sp³-hybridized carbons (Fsp3) is 0.188. The van der Waals surface area contributed by atoms with Gasteiger partial charge >= 0.3 is 11.9 Å². The fourth-order valence-corrected chi connectivity index (χ4v) is 5.96. The SMILES string of the molecule is CCOC(=O)C(Cc1ccc(Cl)cc1)c1ccc2nsnc2c1.O=C(O)C(Cc1ccc(Cl)cc1)c1ccc2nsnc2c1. The highest BCUT2D eigenvalue weighted by molar-refractivity contribution is 7.00. The average molecular weight is 666 g/mol. The number of hydrogen-bond donors (Lipinski definition) is 1. The van der Waals surface area contributed by atoms with Gasteiger partial charge in [-0.1, -0.05) is 59.6 Å². The van der Waals surface area contributed by atoms with Crippen LogP contribution in [0.3, 0.4) is 0 Å². The topological polar surface area (TPSA) is 115 Å². The number of ether oxygens (including phenoxy) is 1. The third-order valence-electron chi connectivity index (χ3n) is 6.94. The van der Waals surface area contributed by atoms with Gasteiger partial charge in [0, 0.05) is 10.0 Å². The van der Waals surface area contributed by atoms with E-state index in [1.165, 1.54) is 11.7 Å². The number of halogens is 2. The molecule has 0 bridgehead atoms. The first-order valence-corrected chi connectivity index (χ1v) is 15.8. The highest BCUT2D eigenvalue weighted by Gasteiger charge is 2.24. The molecule has 0 spiro atoms. The molecule has 224 valence electrons. The molecule has 44 heavy (non-hydrogen) atoms. The van der Waals surface area contributed by atoms with Gasteiger partial charge in [0.05, 0.1) is 41.9 Å². The molecule has 0 saturated heterocycles. The van der Waals surface area contributed by atoms with Crippen molar-refractivity contribution >= 4 is 80.7 Å². The summed E-state index contributed by atoms with van der Waals surface area (Å²) in [5, 5.41) is 10.8. The smallest absolute Gasteiger partial charge is 0.313 e. The summed E-state index contributed by atoms with van der Waals surface area (Å²) in [5.74, 6) is -2.07. The average Bonchev–Trinajstić information content (AvgIpc) is 3.69. The summed E-state index contributed by atoms with van der Waals surface area (Å²) >= 11 is 14.1. The van der Waals surface area contributed by atoms with Crippen LogP contribution in [-0.2, 0) is 27.2 Å². The number of carbonyl (C=O) groups is 2. The zero-order valence-electron chi connectivity index (χ0n) is 23.4. The first kappa shape index (κ1) is 31.5. The van der Waals surface area contributed by atoms with E-state index >= 15 is 0 Å². The van der Waals surface area contributed by atoms with Gasteiger partial charge in [-0.25, -0.2) is 0 Å². The molecule has 12 heteroatoms. The summed E-state index contributed by atoms with van der Waals surface area (Å²) in [6, 6.07) is 25.9. The number of carbonyl (C=O) groups excluding carboxylic acids is 1. The molecule has 0 amide bonds. The van der Waals surface area contributed by atoms with Gasteiger partial charge in [0.2, 0.25) is 0 Å². The first-order chi connectivity index (χ1) is 21.3. The summed E-state index contributed by atoms with van der Waals surface area (Å²) in [6.45, 7) is 2.17. The third kappa shape index (κ3) is 7.95. The number of carboxylic acid groups (broad SMARTS) is 1. The second-order valence-corrected chi connectivity index (χ2v) is 11.8. The molecule has 1 N–H and O–H groups in total. The minimum atomic E-state index is -0.854. The molecule has 0 fully saturated rings. The molecular formula is C32H26Cl2N4O4S2. The fourth-order valence-electron chi connectivity index (χ4n) is 4.67. The van der Waals surface area contributed by atoms with Gasteiger partial charge in [-0.3, -0.25) is 9.59 Å². The minimum absolute atomic E-state index is 0.231.